The molecule has 138 valence electrons. The first-order valence-corrected chi connectivity index (χ1v) is 10.3. The number of benzene rings is 1. The molecule has 3 aromatic rings. The Kier molecular flexibility index (Phi) is 4.77. The summed E-state index contributed by atoms with van der Waals surface area (Å²) in [5.74, 6) is 0.678. The van der Waals surface area contributed by atoms with E-state index in [0.29, 0.717) is 12.2 Å². The van der Waals surface area contributed by atoms with Crippen LogP contribution in [-0.2, 0) is 17.4 Å². The molecule has 1 aliphatic carbocycles. The van der Waals surface area contributed by atoms with Gasteiger partial charge in [0, 0.05) is 35.8 Å². The molecule has 1 aliphatic rings. The van der Waals surface area contributed by atoms with Gasteiger partial charge in [0.1, 0.15) is 16.8 Å². The second kappa shape index (κ2) is 7.36. The first kappa shape index (κ1) is 17.5. The number of fused-ring (bicyclic) bond motifs is 1. The average molecular weight is 380 g/mol. The van der Waals surface area contributed by atoms with Crippen molar-refractivity contribution in [3.63, 3.8) is 0 Å². The molecule has 4 rings (SSSR count). The Hall–Kier alpha value is -2.93. The molecule has 0 saturated carbocycles. The predicted molar refractivity (Wildman–Crippen MR) is 109 cm³/mol. The van der Waals surface area contributed by atoms with Crippen molar-refractivity contribution in [1.29, 1.82) is 0 Å². The molecule has 1 aromatic carbocycles. The van der Waals surface area contributed by atoms with Gasteiger partial charge in [-0.2, -0.15) is 0 Å². The Morgan fingerprint density at radius 2 is 1.96 bits per heavy atom. The van der Waals surface area contributed by atoms with Gasteiger partial charge in [0.05, 0.1) is 16.9 Å². The van der Waals surface area contributed by atoms with E-state index < -0.39 is 11.0 Å². The van der Waals surface area contributed by atoms with Crippen LogP contribution < -0.4 is 10.0 Å². The Labute approximate surface area is 160 Å². The number of hydrogen-bond donors (Lipinski definition) is 3. The molecular weight excluding hydrogens is 360 g/mol. The van der Waals surface area contributed by atoms with Crippen LogP contribution in [0, 0.1) is 0 Å². The standard InChI is InChI=1S/C20H20N4O2S/c1-27(26)24-17-12-13(10-11-21-17)19-20(22-14-6-3-2-4-7-14)18-15(23-19)8-5-9-16(18)25/h2-4,6-7,10-12,22-23H,5,8-9H2,1H3,(H,21,24). The SMILES string of the molecule is CS(=O)Nc1cc(-c2[nH]c3c(c2Nc2ccccc2)C(=O)CCC3)ccn1. The van der Waals surface area contributed by atoms with E-state index in [4.69, 9.17) is 0 Å². The zero-order valence-corrected chi connectivity index (χ0v) is 15.7. The lowest BCUT2D eigenvalue weighted by Gasteiger charge is -2.14. The van der Waals surface area contributed by atoms with Gasteiger partial charge in [0.2, 0.25) is 0 Å². The number of rotatable bonds is 5. The number of nitrogens with zero attached hydrogens (tertiary/aromatic N) is 1. The summed E-state index contributed by atoms with van der Waals surface area (Å²) in [6, 6.07) is 13.5. The van der Waals surface area contributed by atoms with Crippen LogP contribution in [0.15, 0.2) is 48.7 Å². The summed E-state index contributed by atoms with van der Waals surface area (Å²) in [6.07, 6.45) is 5.49. The van der Waals surface area contributed by atoms with Crippen LogP contribution >= 0.6 is 0 Å². The molecule has 0 radical (unpaired) electrons. The largest absolute Gasteiger partial charge is 0.356 e. The van der Waals surface area contributed by atoms with Crippen molar-refractivity contribution in [3.8, 4) is 11.3 Å². The summed E-state index contributed by atoms with van der Waals surface area (Å²) in [6.45, 7) is 0. The Morgan fingerprint density at radius 1 is 1.15 bits per heavy atom. The van der Waals surface area contributed by atoms with Gasteiger partial charge in [-0.25, -0.2) is 9.19 Å². The van der Waals surface area contributed by atoms with Crippen molar-refractivity contribution in [2.75, 3.05) is 16.3 Å². The van der Waals surface area contributed by atoms with Crippen molar-refractivity contribution in [1.82, 2.24) is 9.97 Å². The highest BCUT2D eigenvalue weighted by Gasteiger charge is 2.27. The zero-order valence-electron chi connectivity index (χ0n) is 14.9. The molecular formula is C20H20N4O2S. The molecule has 6 nitrogen and oxygen atoms in total. The van der Waals surface area contributed by atoms with Crippen molar-refractivity contribution in [2.24, 2.45) is 0 Å². The highest BCUT2D eigenvalue weighted by Crippen LogP contribution is 2.39. The molecule has 0 bridgehead atoms. The van der Waals surface area contributed by atoms with Gasteiger partial charge < -0.3 is 10.3 Å². The van der Waals surface area contributed by atoms with Gasteiger partial charge in [0.25, 0.3) is 0 Å². The quantitative estimate of drug-likeness (QED) is 0.623. The number of hydrogen-bond acceptors (Lipinski definition) is 4. The summed E-state index contributed by atoms with van der Waals surface area (Å²) in [4.78, 5) is 20.3. The van der Waals surface area contributed by atoms with E-state index in [2.05, 4.69) is 20.0 Å². The number of carbonyl (C=O) groups excluding carboxylic acids is 1. The molecule has 0 fully saturated rings. The van der Waals surface area contributed by atoms with E-state index in [1.54, 1.807) is 12.5 Å². The molecule has 7 heteroatoms. The molecule has 1 atom stereocenters. The first-order chi connectivity index (χ1) is 13.1. The third-order valence-electron chi connectivity index (χ3n) is 4.53. The van der Waals surface area contributed by atoms with E-state index >= 15 is 0 Å². The lowest BCUT2D eigenvalue weighted by atomic mass is 9.95. The molecule has 2 heterocycles. The topological polar surface area (TPSA) is 86.9 Å². The van der Waals surface area contributed by atoms with Crippen molar-refractivity contribution < 1.29 is 9.00 Å². The second-order valence-electron chi connectivity index (χ2n) is 6.48. The number of aromatic amines is 1. The van der Waals surface area contributed by atoms with E-state index in [1.807, 2.05) is 42.5 Å². The summed E-state index contributed by atoms with van der Waals surface area (Å²) in [5, 5.41) is 3.42. The minimum atomic E-state index is -1.21. The fourth-order valence-electron chi connectivity index (χ4n) is 3.39. The third-order valence-corrected chi connectivity index (χ3v) is 5.02. The van der Waals surface area contributed by atoms with E-state index in [0.717, 1.165) is 46.7 Å². The molecule has 0 spiro atoms. The highest BCUT2D eigenvalue weighted by atomic mass is 32.2. The van der Waals surface area contributed by atoms with Gasteiger partial charge in [-0.05, 0) is 37.1 Å². The van der Waals surface area contributed by atoms with Crippen LogP contribution in [0.5, 0.6) is 0 Å². The Balaban J connectivity index is 1.83. The van der Waals surface area contributed by atoms with E-state index in [-0.39, 0.29) is 5.78 Å². The second-order valence-corrected chi connectivity index (χ2v) is 7.59. The molecule has 0 aliphatic heterocycles. The number of nitrogens with one attached hydrogen (secondary N) is 3. The Bertz CT molecular complexity index is 1010. The highest BCUT2D eigenvalue weighted by molar-refractivity contribution is 7.85. The minimum absolute atomic E-state index is 0.152. The number of aryl methyl sites for hydroxylation is 1. The normalized spacial score (nSPS) is 14.5. The molecule has 0 saturated heterocycles. The van der Waals surface area contributed by atoms with E-state index in [1.165, 1.54) is 0 Å². The van der Waals surface area contributed by atoms with Crippen LogP contribution in [0.25, 0.3) is 11.3 Å². The number of para-hydroxylation sites is 1. The summed E-state index contributed by atoms with van der Waals surface area (Å²) in [5.41, 5.74) is 5.12. The zero-order chi connectivity index (χ0) is 18.8. The van der Waals surface area contributed by atoms with Gasteiger partial charge in [-0.1, -0.05) is 18.2 Å². The van der Waals surface area contributed by atoms with Crippen LogP contribution in [0.2, 0.25) is 0 Å². The van der Waals surface area contributed by atoms with E-state index in [9.17, 15) is 9.00 Å². The summed E-state index contributed by atoms with van der Waals surface area (Å²) >= 11 is 0. The van der Waals surface area contributed by atoms with Crippen LogP contribution in [0.1, 0.15) is 28.9 Å². The summed E-state index contributed by atoms with van der Waals surface area (Å²) < 4.78 is 14.3. The molecule has 2 aromatic heterocycles. The van der Waals surface area contributed by atoms with Crippen molar-refractivity contribution in [3.05, 3.63) is 59.9 Å². The lowest BCUT2D eigenvalue weighted by molar-refractivity contribution is 0.0973. The summed E-state index contributed by atoms with van der Waals surface area (Å²) in [7, 11) is -1.21. The van der Waals surface area contributed by atoms with Crippen LogP contribution in [0.4, 0.5) is 17.2 Å². The van der Waals surface area contributed by atoms with Crippen LogP contribution in [-0.4, -0.2) is 26.2 Å². The fraction of sp³-hybridized carbons (Fsp3) is 0.200. The first-order valence-electron chi connectivity index (χ1n) is 8.78. The van der Waals surface area contributed by atoms with Gasteiger partial charge >= 0.3 is 0 Å². The van der Waals surface area contributed by atoms with Gasteiger partial charge in [-0.15, -0.1) is 0 Å². The molecule has 1 unspecified atom stereocenters. The number of Topliss-reactive ketones (excluding diaryl/α,β-unsaturated/α-hetero) is 1. The average Bonchev–Trinajstić information content (AvgIpc) is 3.02. The lowest BCUT2D eigenvalue weighted by Crippen LogP contribution is -2.10. The third kappa shape index (κ3) is 3.64. The number of anilines is 3. The Morgan fingerprint density at radius 3 is 2.74 bits per heavy atom. The maximum absolute atomic E-state index is 12.6. The molecule has 27 heavy (non-hydrogen) atoms. The predicted octanol–water partition coefficient (Wildman–Crippen LogP) is 4.04. The number of carbonyl (C=O) groups is 1. The smallest absolute Gasteiger partial charge is 0.166 e. The monoisotopic (exact) mass is 380 g/mol. The number of ketones is 1. The van der Waals surface area contributed by atoms with Crippen LogP contribution in [0.3, 0.4) is 0 Å². The van der Waals surface area contributed by atoms with Gasteiger partial charge in [-0.3, -0.25) is 9.52 Å². The van der Waals surface area contributed by atoms with Crippen molar-refractivity contribution in [2.45, 2.75) is 19.3 Å². The maximum Gasteiger partial charge on any atom is 0.166 e. The van der Waals surface area contributed by atoms with Crippen molar-refractivity contribution >= 4 is 34.0 Å². The number of H-pyrrole nitrogens is 1. The fourth-order valence-corrected chi connectivity index (χ4v) is 3.80. The maximum atomic E-state index is 12.6. The number of aromatic nitrogens is 2. The minimum Gasteiger partial charge on any atom is -0.356 e. The molecule has 3 N–H and O–H groups in total. The number of pyridine rings is 1. The molecule has 0 amide bonds. The van der Waals surface area contributed by atoms with Gasteiger partial charge in [0.15, 0.2) is 5.78 Å².